The van der Waals surface area contributed by atoms with E-state index < -0.39 is 5.97 Å². The Bertz CT molecular complexity index is 357. The van der Waals surface area contributed by atoms with Crippen LogP contribution in [0.5, 0.6) is 0 Å². The van der Waals surface area contributed by atoms with E-state index in [1.54, 1.807) is 6.07 Å². The number of methoxy groups -OCH3 is 1. The van der Waals surface area contributed by atoms with Crippen molar-refractivity contribution >= 4 is 5.97 Å². The van der Waals surface area contributed by atoms with Gasteiger partial charge in [0.25, 0.3) is 0 Å². The van der Waals surface area contributed by atoms with E-state index in [9.17, 15) is 4.79 Å². The highest BCUT2D eigenvalue weighted by Crippen LogP contribution is 2.24. The van der Waals surface area contributed by atoms with Crippen molar-refractivity contribution in [1.82, 2.24) is 5.32 Å². The lowest BCUT2D eigenvalue weighted by Gasteiger charge is -2.19. The molecule has 4 nitrogen and oxygen atoms in total. The van der Waals surface area contributed by atoms with Gasteiger partial charge in [0.1, 0.15) is 5.76 Å². The first-order chi connectivity index (χ1) is 8.10. The number of hydrogen-bond acceptors (Lipinski definition) is 4. The highest BCUT2D eigenvalue weighted by Gasteiger charge is 2.20. The zero-order valence-electron chi connectivity index (χ0n) is 10.9. The molecule has 17 heavy (non-hydrogen) atoms. The van der Waals surface area contributed by atoms with Crippen LogP contribution in [-0.2, 0) is 4.74 Å². The smallest absolute Gasteiger partial charge is 0.373 e. The number of hydrogen-bond donors (Lipinski definition) is 1. The van der Waals surface area contributed by atoms with Gasteiger partial charge in [-0.25, -0.2) is 4.79 Å². The number of rotatable bonds is 6. The average molecular weight is 239 g/mol. The Morgan fingerprint density at radius 3 is 2.71 bits per heavy atom. The second kappa shape index (κ2) is 6.45. The highest BCUT2D eigenvalue weighted by molar-refractivity contribution is 5.86. The molecule has 0 amide bonds. The van der Waals surface area contributed by atoms with Crippen LogP contribution in [-0.4, -0.2) is 19.6 Å². The molecule has 1 rings (SSSR count). The summed E-state index contributed by atoms with van der Waals surface area (Å²) in [4.78, 5) is 11.3. The Kier molecular flexibility index (Phi) is 5.22. The number of carbonyl (C=O) groups excluding carboxylic acids is 1. The Morgan fingerprint density at radius 1 is 1.47 bits per heavy atom. The summed E-state index contributed by atoms with van der Waals surface area (Å²) in [7, 11) is 1.35. The topological polar surface area (TPSA) is 51.5 Å². The maximum absolute atomic E-state index is 11.3. The number of nitrogens with one attached hydrogen (secondary N) is 1. The molecule has 0 aromatic carbocycles. The molecule has 1 unspecified atom stereocenters. The first-order valence-electron chi connectivity index (χ1n) is 6.01. The molecule has 1 N–H and O–H groups in total. The van der Waals surface area contributed by atoms with Crippen molar-refractivity contribution in [1.29, 1.82) is 0 Å². The lowest BCUT2D eigenvalue weighted by atomic mass is 10.0. The standard InChI is InChI=1S/C13H21NO3/c1-5-8-14-12(9(2)3)10-6-7-11(17-10)13(15)16-4/h6-7,9,12,14H,5,8H2,1-4H3. The third-order valence-electron chi connectivity index (χ3n) is 2.60. The van der Waals surface area contributed by atoms with Crippen LogP contribution in [0.15, 0.2) is 16.5 Å². The molecule has 0 saturated heterocycles. The quantitative estimate of drug-likeness (QED) is 0.775. The first-order valence-corrected chi connectivity index (χ1v) is 6.01. The molecule has 1 aromatic rings. The van der Waals surface area contributed by atoms with E-state index in [-0.39, 0.29) is 11.8 Å². The zero-order valence-corrected chi connectivity index (χ0v) is 10.9. The average Bonchev–Trinajstić information content (AvgIpc) is 2.77. The molecule has 0 aliphatic heterocycles. The summed E-state index contributed by atoms with van der Waals surface area (Å²) in [6.07, 6.45) is 1.06. The van der Waals surface area contributed by atoms with E-state index >= 15 is 0 Å². The van der Waals surface area contributed by atoms with Gasteiger partial charge >= 0.3 is 5.97 Å². The maximum Gasteiger partial charge on any atom is 0.373 e. The van der Waals surface area contributed by atoms with Crippen molar-refractivity contribution in [2.75, 3.05) is 13.7 Å². The lowest BCUT2D eigenvalue weighted by molar-refractivity contribution is 0.0561. The molecule has 0 spiro atoms. The van der Waals surface area contributed by atoms with E-state index in [4.69, 9.17) is 4.42 Å². The fourth-order valence-corrected chi connectivity index (χ4v) is 1.69. The summed E-state index contributed by atoms with van der Waals surface area (Å²) in [5.41, 5.74) is 0. The van der Waals surface area contributed by atoms with Gasteiger partial charge in [0, 0.05) is 0 Å². The number of furan rings is 1. The van der Waals surface area contributed by atoms with E-state index in [0.29, 0.717) is 5.92 Å². The number of carbonyl (C=O) groups is 1. The second-order valence-electron chi connectivity index (χ2n) is 4.37. The van der Waals surface area contributed by atoms with E-state index in [2.05, 4.69) is 30.8 Å². The van der Waals surface area contributed by atoms with Gasteiger partial charge in [-0.3, -0.25) is 0 Å². The van der Waals surface area contributed by atoms with Crippen LogP contribution in [0.25, 0.3) is 0 Å². The molecular formula is C13H21NO3. The Labute approximate surface area is 102 Å². The monoisotopic (exact) mass is 239 g/mol. The van der Waals surface area contributed by atoms with E-state index in [0.717, 1.165) is 18.7 Å². The van der Waals surface area contributed by atoms with Gasteiger partial charge in [0.2, 0.25) is 5.76 Å². The molecule has 0 radical (unpaired) electrons. The Hall–Kier alpha value is -1.29. The van der Waals surface area contributed by atoms with Crippen LogP contribution < -0.4 is 5.32 Å². The molecule has 0 saturated carbocycles. The van der Waals surface area contributed by atoms with Gasteiger partial charge in [-0.2, -0.15) is 0 Å². The van der Waals surface area contributed by atoms with E-state index in [1.807, 2.05) is 6.07 Å². The molecule has 0 aliphatic rings. The normalized spacial score (nSPS) is 12.8. The summed E-state index contributed by atoms with van der Waals surface area (Å²) in [5.74, 6) is 1.01. The van der Waals surface area contributed by atoms with Crippen LogP contribution in [0.1, 0.15) is 49.5 Å². The summed E-state index contributed by atoms with van der Waals surface area (Å²) >= 11 is 0. The number of esters is 1. The molecule has 1 aromatic heterocycles. The van der Waals surface area contributed by atoms with E-state index in [1.165, 1.54) is 7.11 Å². The van der Waals surface area contributed by atoms with Gasteiger partial charge < -0.3 is 14.5 Å². The molecular weight excluding hydrogens is 218 g/mol. The molecule has 96 valence electrons. The molecule has 0 bridgehead atoms. The third-order valence-corrected chi connectivity index (χ3v) is 2.60. The maximum atomic E-state index is 11.3. The van der Waals surface area contributed by atoms with Crippen LogP contribution in [0.4, 0.5) is 0 Å². The molecule has 1 heterocycles. The largest absolute Gasteiger partial charge is 0.463 e. The SMILES string of the molecule is CCCNC(c1ccc(C(=O)OC)o1)C(C)C. The fraction of sp³-hybridized carbons (Fsp3) is 0.615. The van der Waals surface area contributed by atoms with Crippen molar-refractivity contribution in [3.63, 3.8) is 0 Å². The minimum Gasteiger partial charge on any atom is -0.463 e. The van der Waals surface area contributed by atoms with Crippen LogP contribution >= 0.6 is 0 Å². The van der Waals surface area contributed by atoms with Crippen molar-refractivity contribution in [2.45, 2.75) is 33.2 Å². The van der Waals surface area contributed by atoms with Crippen molar-refractivity contribution in [3.05, 3.63) is 23.7 Å². The Balaban J connectivity index is 2.80. The van der Waals surface area contributed by atoms with Gasteiger partial charge in [-0.1, -0.05) is 20.8 Å². The second-order valence-corrected chi connectivity index (χ2v) is 4.37. The molecule has 0 fully saturated rings. The molecule has 0 aliphatic carbocycles. The zero-order chi connectivity index (χ0) is 12.8. The summed E-state index contributed by atoms with van der Waals surface area (Å²) < 4.78 is 10.1. The number of ether oxygens (including phenoxy) is 1. The predicted octanol–water partition coefficient (Wildman–Crippen LogP) is 2.76. The fourth-order valence-electron chi connectivity index (χ4n) is 1.69. The molecule has 1 atom stereocenters. The van der Waals surface area contributed by atoms with Crippen molar-refractivity contribution < 1.29 is 13.9 Å². The third kappa shape index (κ3) is 3.60. The minimum absolute atomic E-state index is 0.133. The van der Waals surface area contributed by atoms with Crippen LogP contribution in [0, 0.1) is 5.92 Å². The van der Waals surface area contributed by atoms with Gasteiger partial charge in [-0.05, 0) is 31.0 Å². The van der Waals surface area contributed by atoms with Gasteiger partial charge in [0.15, 0.2) is 0 Å². The predicted molar refractivity (Wildman–Crippen MR) is 65.9 cm³/mol. The summed E-state index contributed by atoms with van der Waals surface area (Å²) in [6, 6.07) is 3.62. The van der Waals surface area contributed by atoms with Crippen LogP contribution in [0.2, 0.25) is 0 Å². The first kappa shape index (κ1) is 13.8. The highest BCUT2D eigenvalue weighted by atomic mass is 16.5. The Morgan fingerprint density at radius 2 is 2.18 bits per heavy atom. The van der Waals surface area contributed by atoms with Gasteiger partial charge in [-0.15, -0.1) is 0 Å². The van der Waals surface area contributed by atoms with Crippen molar-refractivity contribution in [3.8, 4) is 0 Å². The van der Waals surface area contributed by atoms with Gasteiger partial charge in [0.05, 0.1) is 13.2 Å². The summed E-state index contributed by atoms with van der Waals surface area (Å²) in [6.45, 7) is 7.28. The van der Waals surface area contributed by atoms with Crippen molar-refractivity contribution in [2.24, 2.45) is 5.92 Å². The lowest BCUT2D eigenvalue weighted by Crippen LogP contribution is -2.26. The van der Waals surface area contributed by atoms with Crippen LogP contribution in [0.3, 0.4) is 0 Å². The minimum atomic E-state index is -0.436. The molecule has 4 heteroatoms. The summed E-state index contributed by atoms with van der Waals surface area (Å²) in [5, 5.41) is 3.41.